The van der Waals surface area contributed by atoms with E-state index in [2.05, 4.69) is 26.5 Å². The molecule has 2 fully saturated rings. The van der Waals surface area contributed by atoms with Gasteiger partial charge in [0.15, 0.2) is 0 Å². The SMILES string of the molecule is Cn1cc(CN2CC[C@H]3C[C@H](C(=O)NCc4cccnc4)O[C@@H]3C2)cn1. The molecule has 1 amide bonds. The van der Waals surface area contributed by atoms with Crippen LogP contribution in [0.15, 0.2) is 36.9 Å². The number of aromatic nitrogens is 3. The molecule has 2 aliphatic heterocycles. The van der Waals surface area contributed by atoms with Crippen LogP contribution < -0.4 is 5.32 Å². The van der Waals surface area contributed by atoms with E-state index in [-0.39, 0.29) is 18.1 Å². The Bertz CT molecular complexity index is 747. The lowest BCUT2D eigenvalue weighted by Crippen LogP contribution is -2.42. The second-order valence-electron chi connectivity index (χ2n) is 7.28. The zero-order valence-corrected chi connectivity index (χ0v) is 15.0. The van der Waals surface area contributed by atoms with Gasteiger partial charge in [-0.1, -0.05) is 6.07 Å². The Hall–Kier alpha value is -2.25. The number of hydrogen-bond acceptors (Lipinski definition) is 5. The minimum atomic E-state index is -0.333. The first-order chi connectivity index (χ1) is 12.7. The van der Waals surface area contributed by atoms with Crippen LogP contribution >= 0.6 is 0 Å². The van der Waals surface area contributed by atoms with Gasteiger partial charge in [0.25, 0.3) is 0 Å². The molecule has 0 bridgehead atoms. The van der Waals surface area contributed by atoms with E-state index < -0.39 is 0 Å². The number of piperidine rings is 1. The van der Waals surface area contributed by atoms with Crippen molar-refractivity contribution in [2.24, 2.45) is 13.0 Å². The molecule has 0 radical (unpaired) electrons. The van der Waals surface area contributed by atoms with Gasteiger partial charge in [-0.3, -0.25) is 19.4 Å². The van der Waals surface area contributed by atoms with E-state index in [4.69, 9.17) is 4.74 Å². The van der Waals surface area contributed by atoms with E-state index in [0.717, 1.165) is 38.0 Å². The average Bonchev–Trinajstić information content (AvgIpc) is 3.26. The summed E-state index contributed by atoms with van der Waals surface area (Å²) in [7, 11) is 1.94. The van der Waals surface area contributed by atoms with Crippen molar-refractivity contribution in [1.82, 2.24) is 25.0 Å². The van der Waals surface area contributed by atoms with E-state index in [9.17, 15) is 4.79 Å². The van der Waals surface area contributed by atoms with E-state index in [1.807, 2.05) is 30.1 Å². The van der Waals surface area contributed by atoms with Gasteiger partial charge in [-0.2, -0.15) is 5.10 Å². The number of rotatable bonds is 5. The molecule has 138 valence electrons. The van der Waals surface area contributed by atoms with Crippen LogP contribution in [0.5, 0.6) is 0 Å². The Kier molecular flexibility index (Phi) is 4.99. The van der Waals surface area contributed by atoms with Gasteiger partial charge in [-0.25, -0.2) is 0 Å². The predicted octanol–water partition coefficient (Wildman–Crippen LogP) is 1.11. The molecule has 0 saturated carbocycles. The monoisotopic (exact) mass is 355 g/mol. The van der Waals surface area contributed by atoms with Crippen molar-refractivity contribution in [3.8, 4) is 0 Å². The van der Waals surface area contributed by atoms with Crippen molar-refractivity contribution in [2.45, 2.75) is 38.1 Å². The van der Waals surface area contributed by atoms with Crippen LogP contribution in [0.3, 0.4) is 0 Å². The van der Waals surface area contributed by atoms with Crippen LogP contribution in [0.1, 0.15) is 24.0 Å². The van der Waals surface area contributed by atoms with E-state index >= 15 is 0 Å². The lowest BCUT2D eigenvalue weighted by atomic mass is 9.91. The van der Waals surface area contributed by atoms with Crippen molar-refractivity contribution < 1.29 is 9.53 Å². The molecule has 7 heteroatoms. The highest BCUT2D eigenvalue weighted by molar-refractivity contribution is 5.81. The van der Waals surface area contributed by atoms with Gasteiger partial charge in [-0.15, -0.1) is 0 Å². The third kappa shape index (κ3) is 3.94. The van der Waals surface area contributed by atoms with Gasteiger partial charge in [0.1, 0.15) is 6.10 Å². The lowest BCUT2D eigenvalue weighted by molar-refractivity contribution is -0.133. The zero-order chi connectivity index (χ0) is 17.9. The molecule has 1 N–H and O–H groups in total. The summed E-state index contributed by atoms with van der Waals surface area (Å²) in [6.07, 6.45) is 9.18. The van der Waals surface area contributed by atoms with Crippen LogP contribution in [0, 0.1) is 5.92 Å². The number of amides is 1. The maximum atomic E-state index is 12.5. The molecule has 7 nitrogen and oxygen atoms in total. The number of nitrogens with zero attached hydrogens (tertiary/aromatic N) is 4. The fraction of sp³-hybridized carbons (Fsp3) is 0.526. The number of fused-ring (bicyclic) bond motifs is 1. The quantitative estimate of drug-likeness (QED) is 0.870. The van der Waals surface area contributed by atoms with Crippen molar-refractivity contribution >= 4 is 5.91 Å². The molecule has 0 aliphatic carbocycles. The van der Waals surface area contributed by atoms with Crippen molar-refractivity contribution in [2.75, 3.05) is 13.1 Å². The Morgan fingerprint density at radius 2 is 2.31 bits per heavy atom. The number of carbonyl (C=O) groups is 1. The Labute approximate surface area is 153 Å². The molecule has 0 aromatic carbocycles. The average molecular weight is 355 g/mol. The Morgan fingerprint density at radius 1 is 1.38 bits per heavy atom. The van der Waals surface area contributed by atoms with Crippen LogP contribution in [-0.4, -0.2) is 50.9 Å². The molecule has 2 aromatic heterocycles. The highest BCUT2D eigenvalue weighted by Crippen LogP contribution is 2.33. The minimum absolute atomic E-state index is 0.0120. The summed E-state index contributed by atoms with van der Waals surface area (Å²) >= 11 is 0. The first-order valence-corrected chi connectivity index (χ1v) is 9.19. The van der Waals surface area contributed by atoms with Crippen LogP contribution in [0.25, 0.3) is 0 Å². The second-order valence-corrected chi connectivity index (χ2v) is 7.28. The summed E-state index contributed by atoms with van der Waals surface area (Å²) in [6.45, 7) is 3.31. The zero-order valence-electron chi connectivity index (χ0n) is 15.0. The molecule has 4 heterocycles. The fourth-order valence-electron chi connectivity index (χ4n) is 3.92. The summed E-state index contributed by atoms with van der Waals surface area (Å²) < 4.78 is 7.93. The summed E-state index contributed by atoms with van der Waals surface area (Å²) in [5, 5.41) is 7.21. The maximum Gasteiger partial charge on any atom is 0.249 e. The summed E-state index contributed by atoms with van der Waals surface area (Å²) in [5.41, 5.74) is 2.22. The molecule has 2 aromatic rings. The van der Waals surface area contributed by atoms with Crippen molar-refractivity contribution in [3.05, 3.63) is 48.0 Å². The predicted molar refractivity (Wildman–Crippen MR) is 96.0 cm³/mol. The molecule has 2 saturated heterocycles. The van der Waals surface area contributed by atoms with Gasteiger partial charge in [-0.05, 0) is 36.9 Å². The highest BCUT2D eigenvalue weighted by Gasteiger charge is 2.41. The minimum Gasteiger partial charge on any atom is -0.364 e. The Balaban J connectivity index is 1.28. The fourth-order valence-corrected chi connectivity index (χ4v) is 3.92. The molecule has 3 atom stereocenters. The molecule has 2 aliphatic rings. The summed E-state index contributed by atoms with van der Waals surface area (Å²) in [6, 6.07) is 3.83. The lowest BCUT2D eigenvalue weighted by Gasteiger charge is -2.33. The standard InChI is InChI=1S/C19H25N5O2/c1-23-11-15(10-22-23)12-24-6-4-16-7-17(26-18(16)13-24)19(25)21-9-14-3-2-5-20-8-14/h2-3,5,8,10-11,16-18H,4,6-7,9,12-13H2,1H3,(H,21,25)/t16-,17+,18+/m0/s1. The van der Waals surface area contributed by atoms with Gasteiger partial charge in [0.05, 0.1) is 12.3 Å². The van der Waals surface area contributed by atoms with Crippen LogP contribution in [0.4, 0.5) is 0 Å². The third-order valence-electron chi connectivity index (χ3n) is 5.28. The molecule has 26 heavy (non-hydrogen) atoms. The molecule has 0 unspecified atom stereocenters. The number of nitrogens with one attached hydrogen (secondary N) is 1. The number of pyridine rings is 1. The normalized spacial score (nSPS) is 25.8. The molecule has 4 rings (SSSR count). The number of ether oxygens (including phenoxy) is 1. The van der Waals surface area contributed by atoms with Gasteiger partial charge in [0.2, 0.25) is 5.91 Å². The largest absolute Gasteiger partial charge is 0.364 e. The van der Waals surface area contributed by atoms with Gasteiger partial charge < -0.3 is 10.1 Å². The van der Waals surface area contributed by atoms with Crippen molar-refractivity contribution in [3.63, 3.8) is 0 Å². The Morgan fingerprint density at radius 3 is 3.08 bits per heavy atom. The topological polar surface area (TPSA) is 72.3 Å². The van der Waals surface area contributed by atoms with E-state index in [1.54, 1.807) is 12.4 Å². The second kappa shape index (κ2) is 7.55. The van der Waals surface area contributed by atoms with E-state index in [1.165, 1.54) is 5.56 Å². The van der Waals surface area contributed by atoms with Crippen LogP contribution in [-0.2, 0) is 29.7 Å². The third-order valence-corrected chi connectivity index (χ3v) is 5.28. The maximum absolute atomic E-state index is 12.5. The smallest absolute Gasteiger partial charge is 0.249 e. The number of hydrogen-bond donors (Lipinski definition) is 1. The summed E-state index contributed by atoms with van der Waals surface area (Å²) in [4.78, 5) is 18.9. The number of aryl methyl sites for hydroxylation is 1. The summed E-state index contributed by atoms with van der Waals surface area (Å²) in [5.74, 6) is 0.469. The van der Waals surface area contributed by atoms with E-state index in [0.29, 0.717) is 12.5 Å². The number of likely N-dealkylation sites (tertiary alicyclic amines) is 1. The first kappa shape index (κ1) is 17.2. The van der Waals surface area contributed by atoms with Crippen molar-refractivity contribution in [1.29, 1.82) is 0 Å². The molecule has 0 spiro atoms. The van der Waals surface area contributed by atoms with Gasteiger partial charge >= 0.3 is 0 Å². The first-order valence-electron chi connectivity index (χ1n) is 9.19. The molecular weight excluding hydrogens is 330 g/mol. The van der Waals surface area contributed by atoms with Crippen LogP contribution in [0.2, 0.25) is 0 Å². The highest BCUT2D eigenvalue weighted by atomic mass is 16.5. The molecular formula is C19H25N5O2. The number of carbonyl (C=O) groups excluding carboxylic acids is 1. The van der Waals surface area contributed by atoms with Gasteiger partial charge in [0, 0.05) is 50.8 Å².